The Morgan fingerprint density at radius 1 is 0.639 bits per heavy atom. The standard InChI is InChI=1S/C26H40N2O4S4/c1-7-17-25(5,27-35(29,30)23-13-9-21(3)10-14-23)19-33-34-20-26(6,18-8-2)28-36(31,32)24-15-11-22(4)12-16-24/h9-16,27-28H,7-8,17-20H2,1-6H3. The van der Waals surface area contributed by atoms with Crippen LogP contribution in [0.25, 0.3) is 0 Å². The highest BCUT2D eigenvalue weighted by molar-refractivity contribution is 8.76. The predicted octanol–water partition coefficient (Wildman–Crippen LogP) is 6.06. The Balaban J connectivity index is 2.05. The molecule has 0 aromatic heterocycles. The van der Waals surface area contributed by atoms with Crippen molar-refractivity contribution in [3.05, 3.63) is 59.7 Å². The van der Waals surface area contributed by atoms with E-state index in [9.17, 15) is 16.8 Å². The van der Waals surface area contributed by atoms with E-state index in [1.54, 1.807) is 70.1 Å². The second-order valence-electron chi connectivity index (χ2n) is 9.98. The zero-order valence-corrected chi connectivity index (χ0v) is 25.4. The van der Waals surface area contributed by atoms with Gasteiger partial charge in [-0.3, -0.25) is 0 Å². The number of hydrogen-bond acceptors (Lipinski definition) is 6. The molecule has 2 rings (SSSR count). The van der Waals surface area contributed by atoms with Gasteiger partial charge in [-0.15, -0.1) is 0 Å². The van der Waals surface area contributed by atoms with Crippen LogP contribution in [0.3, 0.4) is 0 Å². The van der Waals surface area contributed by atoms with Crippen LogP contribution in [0, 0.1) is 13.8 Å². The molecular weight excluding hydrogens is 533 g/mol. The first-order valence-corrected chi connectivity index (χ1v) is 17.7. The zero-order valence-electron chi connectivity index (χ0n) is 22.1. The fourth-order valence-corrected chi connectivity index (χ4v) is 10.2. The van der Waals surface area contributed by atoms with Crippen LogP contribution in [-0.4, -0.2) is 39.4 Å². The third kappa shape index (κ3) is 9.36. The highest BCUT2D eigenvalue weighted by atomic mass is 33.1. The summed E-state index contributed by atoms with van der Waals surface area (Å²) >= 11 is 0. The molecule has 10 heteroatoms. The molecular formula is C26H40N2O4S4. The van der Waals surface area contributed by atoms with Crippen LogP contribution in [0.5, 0.6) is 0 Å². The summed E-state index contributed by atoms with van der Waals surface area (Å²) in [5, 5.41) is 0. The van der Waals surface area contributed by atoms with Gasteiger partial charge in [0.25, 0.3) is 0 Å². The summed E-state index contributed by atoms with van der Waals surface area (Å²) < 4.78 is 57.9. The van der Waals surface area contributed by atoms with Gasteiger partial charge in [-0.05, 0) is 64.8 Å². The van der Waals surface area contributed by atoms with Crippen molar-refractivity contribution in [3.8, 4) is 0 Å². The number of hydrogen-bond donors (Lipinski definition) is 2. The van der Waals surface area contributed by atoms with Crippen molar-refractivity contribution in [2.24, 2.45) is 0 Å². The maximum absolute atomic E-state index is 13.0. The van der Waals surface area contributed by atoms with Crippen LogP contribution in [0.4, 0.5) is 0 Å². The van der Waals surface area contributed by atoms with E-state index in [1.807, 2.05) is 41.5 Å². The van der Waals surface area contributed by atoms with E-state index in [4.69, 9.17) is 0 Å². The Morgan fingerprint density at radius 2 is 0.944 bits per heavy atom. The van der Waals surface area contributed by atoms with Gasteiger partial charge in [0.1, 0.15) is 0 Å². The van der Waals surface area contributed by atoms with Gasteiger partial charge in [0.2, 0.25) is 20.0 Å². The normalized spacial score (nSPS) is 15.8. The van der Waals surface area contributed by atoms with Crippen LogP contribution in [0.15, 0.2) is 58.3 Å². The molecule has 0 saturated carbocycles. The zero-order chi connectivity index (χ0) is 27.0. The van der Waals surface area contributed by atoms with Crippen molar-refractivity contribution in [1.82, 2.24) is 9.44 Å². The Hall–Kier alpha value is -1.04. The smallest absolute Gasteiger partial charge is 0.207 e. The highest BCUT2D eigenvalue weighted by Gasteiger charge is 2.33. The summed E-state index contributed by atoms with van der Waals surface area (Å²) in [7, 11) is -4.17. The van der Waals surface area contributed by atoms with Crippen LogP contribution >= 0.6 is 21.6 Å². The van der Waals surface area contributed by atoms with Gasteiger partial charge < -0.3 is 0 Å². The number of aryl methyl sites for hydroxylation is 2. The molecule has 0 aliphatic carbocycles. The molecule has 0 aliphatic rings. The third-order valence-electron chi connectivity index (χ3n) is 5.87. The average molecular weight is 573 g/mol. The summed E-state index contributed by atoms with van der Waals surface area (Å²) in [6, 6.07) is 13.7. The first kappa shape index (κ1) is 31.2. The second-order valence-corrected chi connectivity index (χ2v) is 15.8. The number of nitrogens with one attached hydrogen (secondary N) is 2. The topological polar surface area (TPSA) is 92.3 Å². The lowest BCUT2D eigenvalue weighted by Gasteiger charge is -2.32. The van der Waals surface area contributed by atoms with Gasteiger partial charge in [-0.1, -0.05) is 83.7 Å². The van der Waals surface area contributed by atoms with E-state index in [0.29, 0.717) is 24.3 Å². The van der Waals surface area contributed by atoms with E-state index >= 15 is 0 Å². The van der Waals surface area contributed by atoms with Crippen LogP contribution in [0.2, 0.25) is 0 Å². The largest absolute Gasteiger partial charge is 0.241 e. The number of sulfonamides is 2. The molecule has 36 heavy (non-hydrogen) atoms. The van der Waals surface area contributed by atoms with Gasteiger partial charge in [-0.2, -0.15) is 0 Å². The molecule has 0 aliphatic heterocycles. The first-order valence-electron chi connectivity index (χ1n) is 12.2. The van der Waals surface area contributed by atoms with Crippen LogP contribution < -0.4 is 9.44 Å². The van der Waals surface area contributed by atoms with Gasteiger partial charge in [0.15, 0.2) is 0 Å². The Kier molecular flexibility index (Phi) is 11.4. The Bertz CT molecular complexity index is 1090. The van der Waals surface area contributed by atoms with Crippen molar-refractivity contribution in [1.29, 1.82) is 0 Å². The molecule has 2 unspecified atom stereocenters. The summed E-state index contributed by atoms with van der Waals surface area (Å²) in [5.74, 6) is 1.12. The van der Waals surface area contributed by atoms with E-state index < -0.39 is 31.1 Å². The molecule has 2 aromatic carbocycles. The lowest BCUT2D eigenvalue weighted by atomic mass is 10.0. The van der Waals surface area contributed by atoms with E-state index in [-0.39, 0.29) is 9.79 Å². The average Bonchev–Trinajstić information content (AvgIpc) is 2.77. The predicted molar refractivity (Wildman–Crippen MR) is 155 cm³/mol. The van der Waals surface area contributed by atoms with Crippen molar-refractivity contribution in [2.45, 2.75) is 88.1 Å². The van der Waals surface area contributed by atoms with Gasteiger partial charge in [0, 0.05) is 22.6 Å². The van der Waals surface area contributed by atoms with Gasteiger partial charge >= 0.3 is 0 Å². The summed E-state index contributed by atoms with van der Waals surface area (Å²) in [6.45, 7) is 11.8. The van der Waals surface area contributed by atoms with Crippen LogP contribution in [0.1, 0.15) is 64.5 Å². The van der Waals surface area contributed by atoms with E-state index in [0.717, 1.165) is 24.0 Å². The molecule has 2 N–H and O–H groups in total. The van der Waals surface area contributed by atoms with Crippen molar-refractivity contribution in [3.63, 3.8) is 0 Å². The first-order chi connectivity index (χ1) is 16.7. The monoisotopic (exact) mass is 572 g/mol. The SMILES string of the molecule is CCCC(C)(CSSCC(C)(CCC)NS(=O)(=O)c1ccc(C)cc1)NS(=O)(=O)c1ccc(C)cc1. The van der Waals surface area contributed by atoms with Gasteiger partial charge in [0.05, 0.1) is 9.79 Å². The van der Waals surface area contributed by atoms with Crippen molar-refractivity contribution < 1.29 is 16.8 Å². The quantitative estimate of drug-likeness (QED) is 0.199. The molecule has 2 aromatic rings. The summed E-state index contributed by atoms with van der Waals surface area (Å²) in [5.41, 5.74) is 0.757. The maximum atomic E-state index is 13.0. The molecule has 0 bridgehead atoms. The van der Waals surface area contributed by atoms with Crippen molar-refractivity contribution >= 4 is 41.6 Å². The molecule has 6 nitrogen and oxygen atoms in total. The van der Waals surface area contributed by atoms with Crippen LogP contribution in [-0.2, 0) is 20.0 Å². The molecule has 0 spiro atoms. The van der Waals surface area contributed by atoms with E-state index in [2.05, 4.69) is 9.44 Å². The van der Waals surface area contributed by atoms with Crippen molar-refractivity contribution in [2.75, 3.05) is 11.5 Å². The Morgan fingerprint density at radius 3 is 1.22 bits per heavy atom. The maximum Gasteiger partial charge on any atom is 0.241 e. The van der Waals surface area contributed by atoms with Gasteiger partial charge in [-0.25, -0.2) is 26.3 Å². The molecule has 202 valence electrons. The number of rotatable bonds is 15. The lowest BCUT2D eigenvalue weighted by molar-refractivity contribution is 0.423. The molecule has 0 radical (unpaired) electrons. The Labute approximate surface area is 226 Å². The molecule has 0 heterocycles. The minimum absolute atomic E-state index is 0.258. The fourth-order valence-electron chi connectivity index (χ4n) is 3.95. The molecule has 2 atom stereocenters. The van der Waals surface area contributed by atoms with E-state index in [1.165, 1.54) is 0 Å². The molecule has 0 saturated heterocycles. The second kappa shape index (κ2) is 13.2. The third-order valence-corrected chi connectivity index (χ3v) is 12.1. The minimum Gasteiger partial charge on any atom is -0.207 e. The minimum atomic E-state index is -3.65. The summed E-state index contributed by atoms with van der Waals surface area (Å²) in [6.07, 6.45) is 3.06. The fraction of sp³-hybridized carbons (Fsp3) is 0.538. The summed E-state index contributed by atoms with van der Waals surface area (Å²) in [4.78, 5) is 0.517. The molecule has 0 fully saturated rings. The molecule has 0 amide bonds. The highest BCUT2D eigenvalue weighted by Crippen LogP contribution is 2.33. The number of benzene rings is 2. The lowest BCUT2D eigenvalue weighted by Crippen LogP contribution is -2.48.